The monoisotopic (exact) mass is 424 g/mol. The third kappa shape index (κ3) is 5.80. The Balaban J connectivity index is 2.19. The van der Waals surface area contributed by atoms with Crippen molar-refractivity contribution in [1.82, 2.24) is 4.90 Å². The van der Waals surface area contributed by atoms with Crippen molar-refractivity contribution in [3.05, 3.63) is 42.5 Å². The molecule has 0 heterocycles. The van der Waals surface area contributed by atoms with Crippen LogP contribution in [-0.2, 0) is 10.0 Å². The van der Waals surface area contributed by atoms with Gasteiger partial charge in [0.05, 0.1) is 18.1 Å². The van der Waals surface area contributed by atoms with Crippen LogP contribution in [0.2, 0.25) is 0 Å². The Morgan fingerprint density at radius 2 is 1.61 bits per heavy atom. The number of hydrogen-bond acceptors (Lipinski definition) is 6. The van der Waals surface area contributed by atoms with Gasteiger partial charge < -0.3 is 14.4 Å². The van der Waals surface area contributed by atoms with Crippen LogP contribution in [0.3, 0.4) is 0 Å². The summed E-state index contributed by atoms with van der Waals surface area (Å²) in [6, 6.07) is 11.1. The number of nitrogens with one attached hydrogen (secondary N) is 1. The first-order chi connectivity index (χ1) is 13.3. The summed E-state index contributed by atoms with van der Waals surface area (Å²) in [6.45, 7) is 4.50. The molecule has 152 valence electrons. The predicted molar refractivity (Wildman–Crippen MR) is 111 cm³/mol. The van der Waals surface area contributed by atoms with Gasteiger partial charge in [-0.3, -0.25) is 9.52 Å². The second kappa shape index (κ2) is 9.70. The summed E-state index contributed by atoms with van der Waals surface area (Å²) in [5.41, 5.74) is 0.397. The van der Waals surface area contributed by atoms with Gasteiger partial charge in [-0.25, -0.2) is 8.42 Å². The van der Waals surface area contributed by atoms with Crippen molar-refractivity contribution >= 4 is 32.7 Å². The second-order valence-corrected chi connectivity index (χ2v) is 8.57. The van der Waals surface area contributed by atoms with Crippen LogP contribution in [0.15, 0.2) is 52.3 Å². The number of hydrogen-bond donors (Lipinski definition) is 1. The maximum absolute atomic E-state index is 12.7. The molecule has 0 unspecified atom stereocenters. The Morgan fingerprint density at radius 3 is 2.18 bits per heavy atom. The molecule has 0 saturated carbocycles. The molecule has 9 heteroatoms. The summed E-state index contributed by atoms with van der Waals surface area (Å²) >= 11 is 1.07. The lowest BCUT2D eigenvalue weighted by atomic mass is 10.3. The van der Waals surface area contributed by atoms with Crippen LogP contribution < -0.4 is 14.2 Å². The van der Waals surface area contributed by atoms with Crippen LogP contribution in [0.1, 0.15) is 13.8 Å². The van der Waals surface area contributed by atoms with Gasteiger partial charge >= 0.3 is 0 Å². The summed E-state index contributed by atoms with van der Waals surface area (Å²) in [4.78, 5) is 14.0. The van der Waals surface area contributed by atoms with E-state index in [1.54, 1.807) is 44.4 Å². The zero-order valence-corrected chi connectivity index (χ0v) is 17.9. The normalized spacial score (nSPS) is 11.0. The van der Waals surface area contributed by atoms with Gasteiger partial charge in [0, 0.05) is 30.7 Å². The van der Waals surface area contributed by atoms with Crippen molar-refractivity contribution in [3.63, 3.8) is 0 Å². The molecule has 0 bridgehead atoms. The second-order valence-electron chi connectivity index (χ2n) is 5.87. The Bertz CT molecular complexity index is 912. The van der Waals surface area contributed by atoms with Gasteiger partial charge in [0.15, 0.2) is 11.5 Å². The predicted octanol–water partition coefficient (Wildman–Crippen LogP) is 4.06. The molecule has 0 spiro atoms. The van der Waals surface area contributed by atoms with E-state index in [9.17, 15) is 13.2 Å². The lowest BCUT2D eigenvalue weighted by Crippen LogP contribution is -2.16. The molecule has 2 aromatic carbocycles. The van der Waals surface area contributed by atoms with Crippen LogP contribution in [0.4, 0.5) is 10.5 Å². The molecule has 1 amide bonds. The minimum absolute atomic E-state index is 0.0700. The largest absolute Gasteiger partial charge is 0.490 e. The van der Waals surface area contributed by atoms with E-state index < -0.39 is 10.0 Å². The van der Waals surface area contributed by atoms with Gasteiger partial charge in [0.1, 0.15) is 0 Å². The average Bonchev–Trinajstić information content (AvgIpc) is 2.64. The molecule has 0 aromatic heterocycles. The molecule has 2 aromatic rings. The molecule has 7 nitrogen and oxygen atoms in total. The first-order valence-electron chi connectivity index (χ1n) is 8.68. The van der Waals surface area contributed by atoms with E-state index in [1.165, 1.54) is 17.0 Å². The van der Waals surface area contributed by atoms with Gasteiger partial charge in [0.25, 0.3) is 15.3 Å². The number of carbonyl (C=O) groups excluding carboxylic acids is 1. The highest BCUT2D eigenvalue weighted by molar-refractivity contribution is 8.13. The van der Waals surface area contributed by atoms with Crippen LogP contribution >= 0.6 is 11.8 Å². The SMILES string of the molecule is CCOc1ccc(S(=O)(=O)Nc2ccc(SC(=O)N(C)C)cc2)cc1OCC. The van der Waals surface area contributed by atoms with Crippen molar-refractivity contribution in [1.29, 1.82) is 0 Å². The summed E-state index contributed by atoms with van der Waals surface area (Å²) in [5.74, 6) is 0.872. The fourth-order valence-electron chi connectivity index (χ4n) is 2.20. The molecular formula is C19H24N2O5S2. The fourth-order valence-corrected chi connectivity index (χ4v) is 3.93. The molecule has 1 N–H and O–H groups in total. The van der Waals surface area contributed by atoms with E-state index in [2.05, 4.69) is 4.72 Å². The number of anilines is 1. The van der Waals surface area contributed by atoms with Crippen LogP contribution in [0.5, 0.6) is 11.5 Å². The van der Waals surface area contributed by atoms with Crippen molar-refractivity contribution < 1.29 is 22.7 Å². The van der Waals surface area contributed by atoms with Gasteiger partial charge in [0.2, 0.25) is 0 Å². The summed E-state index contributed by atoms with van der Waals surface area (Å²) in [7, 11) is -0.459. The standard InChI is InChI=1S/C19H24N2O5S2/c1-5-25-17-12-11-16(13-18(17)26-6-2)28(23,24)20-14-7-9-15(10-8-14)27-19(22)21(3)4/h7-13,20H,5-6H2,1-4H3. The highest BCUT2D eigenvalue weighted by atomic mass is 32.2. The first kappa shape index (κ1) is 21.9. The summed E-state index contributed by atoms with van der Waals surface area (Å²) < 4.78 is 38.9. The molecule has 0 aliphatic heterocycles. The Hall–Kier alpha value is -2.39. The summed E-state index contributed by atoms with van der Waals surface area (Å²) in [6.07, 6.45) is 0. The number of rotatable bonds is 8. The van der Waals surface area contributed by atoms with Crippen molar-refractivity contribution in [2.45, 2.75) is 23.6 Å². The summed E-state index contributed by atoms with van der Waals surface area (Å²) in [5, 5.41) is -0.105. The third-order valence-electron chi connectivity index (χ3n) is 3.50. The van der Waals surface area contributed by atoms with Crippen molar-refractivity contribution in [2.24, 2.45) is 0 Å². The van der Waals surface area contributed by atoms with E-state index in [4.69, 9.17) is 9.47 Å². The molecule has 0 aliphatic rings. The molecule has 0 saturated heterocycles. The van der Waals surface area contributed by atoms with Crippen LogP contribution in [0, 0.1) is 0 Å². The van der Waals surface area contributed by atoms with E-state index >= 15 is 0 Å². The minimum Gasteiger partial charge on any atom is -0.490 e. The van der Waals surface area contributed by atoms with Gasteiger partial charge in [-0.1, -0.05) is 0 Å². The molecule has 0 radical (unpaired) electrons. The Labute approximate surface area is 170 Å². The van der Waals surface area contributed by atoms with Crippen molar-refractivity contribution in [3.8, 4) is 11.5 Å². The number of amides is 1. The maximum Gasteiger partial charge on any atom is 0.285 e. The maximum atomic E-state index is 12.7. The Kier molecular flexibility index (Phi) is 7.59. The molecule has 2 rings (SSSR count). The molecule has 0 atom stereocenters. The van der Waals surface area contributed by atoms with Crippen molar-refractivity contribution in [2.75, 3.05) is 32.0 Å². The van der Waals surface area contributed by atoms with E-state index in [0.717, 1.165) is 16.7 Å². The van der Waals surface area contributed by atoms with Gasteiger partial charge in [-0.2, -0.15) is 0 Å². The highest BCUT2D eigenvalue weighted by Crippen LogP contribution is 2.31. The molecule has 0 aliphatic carbocycles. The molecule has 28 heavy (non-hydrogen) atoms. The van der Waals surface area contributed by atoms with Crippen LogP contribution in [-0.4, -0.2) is 45.9 Å². The zero-order chi connectivity index (χ0) is 20.7. The molecule has 0 fully saturated rings. The van der Waals surface area contributed by atoms with E-state index in [0.29, 0.717) is 30.4 Å². The van der Waals surface area contributed by atoms with Gasteiger partial charge in [-0.05, 0) is 62.0 Å². The van der Waals surface area contributed by atoms with E-state index in [1.807, 2.05) is 13.8 Å². The molecular weight excluding hydrogens is 400 g/mol. The number of thioether (sulfide) groups is 1. The Morgan fingerprint density at radius 1 is 1.00 bits per heavy atom. The number of benzene rings is 2. The first-order valence-corrected chi connectivity index (χ1v) is 11.0. The number of nitrogens with zero attached hydrogens (tertiary/aromatic N) is 1. The zero-order valence-electron chi connectivity index (χ0n) is 16.3. The average molecular weight is 425 g/mol. The number of sulfonamides is 1. The highest BCUT2D eigenvalue weighted by Gasteiger charge is 2.18. The third-order valence-corrected chi connectivity index (χ3v) is 5.93. The number of carbonyl (C=O) groups is 1. The van der Waals surface area contributed by atoms with Crippen LogP contribution in [0.25, 0.3) is 0 Å². The minimum atomic E-state index is -3.80. The topological polar surface area (TPSA) is 84.9 Å². The lowest BCUT2D eigenvalue weighted by molar-refractivity contribution is 0.241. The van der Waals surface area contributed by atoms with E-state index in [-0.39, 0.29) is 10.1 Å². The smallest absolute Gasteiger partial charge is 0.285 e. The van der Waals surface area contributed by atoms with Gasteiger partial charge in [-0.15, -0.1) is 0 Å². The fraction of sp³-hybridized carbons (Fsp3) is 0.316. The quantitative estimate of drug-likeness (QED) is 0.644. The lowest BCUT2D eigenvalue weighted by Gasteiger charge is -2.14. The number of ether oxygens (including phenoxy) is 2.